The normalized spacial score (nSPS) is 22.5. The Morgan fingerprint density at radius 3 is 2.77 bits per heavy atom. The number of rotatable bonds is 5. The molecule has 4 heterocycles. The van der Waals surface area contributed by atoms with Crippen LogP contribution in [0, 0.1) is 5.92 Å². The van der Waals surface area contributed by atoms with Crippen molar-refractivity contribution in [1.82, 2.24) is 24.9 Å². The summed E-state index contributed by atoms with van der Waals surface area (Å²) in [7, 11) is 3.37. The molecule has 1 aromatic rings. The molecule has 1 aromatic heterocycles. The summed E-state index contributed by atoms with van der Waals surface area (Å²) >= 11 is 0. The molecule has 0 saturated carbocycles. The number of carbonyl (C=O) groups excluding carboxylic acids is 3. The molecule has 0 unspecified atom stereocenters. The molecule has 1 N–H and O–H groups in total. The average molecular weight is 361 g/mol. The van der Waals surface area contributed by atoms with Crippen LogP contribution >= 0.6 is 0 Å². The van der Waals surface area contributed by atoms with E-state index in [-0.39, 0.29) is 36.2 Å². The lowest BCUT2D eigenvalue weighted by molar-refractivity contribution is -0.145. The summed E-state index contributed by atoms with van der Waals surface area (Å²) in [6.07, 6.45) is 4.87. The number of nitrogens with zero attached hydrogens (tertiary/aromatic N) is 4. The van der Waals surface area contributed by atoms with Gasteiger partial charge in [-0.25, -0.2) is 0 Å². The van der Waals surface area contributed by atoms with E-state index < -0.39 is 0 Å². The highest BCUT2D eigenvalue weighted by Crippen LogP contribution is 2.30. The van der Waals surface area contributed by atoms with Crippen LogP contribution in [0.2, 0.25) is 0 Å². The molecule has 3 saturated heterocycles. The molecule has 142 valence electrons. The first-order valence-corrected chi connectivity index (χ1v) is 9.24. The van der Waals surface area contributed by atoms with Gasteiger partial charge in [0.05, 0.1) is 17.7 Å². The van der Waals surface area contributed by atoms with Gasteiger partial charge in [0.15, 0.2) is 0 Å². The van der Waals surface area contributed by atoms with Crippen LogP contribution in [0.15, 0.2) is 6.20 Å². The van der Waals surface area contributed by atoms with Crippen LogP contribution < -0.4 is 0 Å². The fraction of sp³-hybridized carbons (Fsp3) is 0.667. The van der Waals surface area contributed by atoms with Gasteiger partial charge in [-0.1, -0.05) is 13.3 Å². The molecule has 0 aromatic carbocycles. The number of likely N-dealkylation sites (N-methyl/N-ethyl adjacent to an activating group) is 1. The minimum atomic E-state index is -0.228. The lowest BCUT2D eigenvalue weighted by atomic mass is 9.94. The summed E-state index contributed by atoms with van der Waals surface area (Å²) in [5.74, 6) is -0.404. The van der Waals surface area contributed by atoms with Crippen LogP contribution in [0.25, 0.3) is 0 Å². The van der Waals surface area contributed by atoms with E-state index in [4.69, 9.17) is 0 Å². The SMILES string of the molecule is CCCc1[nH]ncc1C(=O)N1C[C@H]2CC[C@@H](C1)N(CC(=O)N(C)C)C2=O. The van der Waals surface area contributed by atoms with Gasteiger partial charge >= 0.3 is 0 Å². The second kappa shape index (κ2) is 7.47. The van der Waals surface area contributed by atoms with E-state index in [1.54, 1.807) is 30.1 Å². The molecule has 0 spiro atoms. The highest BCUT2D eigenvalue weighted by Gasteiger charge is 2.43. The average Bonchev–Trinajstić information content (AvgIpc) is 2.89. The molecular formula is C18H27N5O3. The number of amides is 3. The molecule has 26 heavy (non-hydrogen) atoms. The van der Waals surface area contributed by atoms with Gasteiger partial charge in [0.25, 0.3) is 5.91 Å². The highest BCUT2D eigenvalue weighted by atomic mass is 16.2. The predicted octanol–water partition coefficient (Wildman–Crippen LogP) is 0.513. The standard InChI is InChI=1S/C18H27N5O3/c1-4-5-15-14(8-19-20-15)18(26)22-9-12-6-7-13(10-22)23(17(12)25)11-16(24)21(2)3/h8,12-13H,4-7,9-11H2,1-3H3,(H,19,20)/t12-,13+/m1/s1. The molecule has 3 aliphatic heterocycles. The largest absolute Gasteiger partial charge is 0.347 e. The summed E-state index contributed by atoms with van der Waals surface area (Å²) in [6, 6.07) is -0.101. The van der Waals surface area contributed by atoms with Crippen LogP contribution in [-0.2, 0) is 16.0 Å². The Morgan fingerprint density at radius 2 is 2.08 bits per heavy atom. The first kappa shape index (κ1) is 18.4. The fourth-order valence-corrected chi connectivity index (χ4v) is 3.81. The third-order valence-corrected chi connectivity index (χ3v) is 5.33. The topological polar surface area (TPSA) is 89.6 Å². The molecule has 8 heteroatoms. The molecule has 2 bridgehead atoms. The van der Waals surface area contributed by atoms with Gasteiger partial charge in [-0.05, 0) is 19.3 Å². The van der Waals surface area contributed by atoms with Crippen molar-refractivity contribution in [3.63, 3.8) is 0 Å². The van der Waals surface area contributed by atoms with Crippen LogP contribution in [0.1, 0.15) is 42.2 Å². The molecule has 2 atom stereocenters. The van der Waals surface area contributed by atoms with Gasteiger partial charge in [0, 0.05) is 38.9 Å². The highest BCUT2D eigenvalue weighted by molar-refractivity contribution is 5.96. The number of aromatic amines is 1. The Morgan fingerprint density at radius 1 is 1.31 bits per heavy atom. The Balaban J connectivity index is 1.78. The third-order valence-electron chi connectivity index (χ3n) is 5.33. The summed E-state index contributed by atoms with van der Waals surface area (Å²) in [5.41, 5.74) is 1.44. The summed E-state index contributed by atoms with van der Waals surface area (Å²) in [6.45, 7) is 3.03. The minimum Gasteiger partial charge on any atom is -0.347 e. The second-order valence-corrected chi connectivity index (χ2v) is 7.40. The number of hydrogen-bond donors (Lipinski definition) is 1. The van der Waals surface area contributed by atoms with Crippen molar-refractivity contribution in [2.45, 2.75) is 38.6 Å². The van der Waals surface area contributed by atoms with E-state index in [2.05, 4.69) is 17.1 Å². The lowest BCUT2D eigenvalue weighted by Crippen LogP contribution is -2.51. The van der Waals surface area contributed by atoms with Crippen molar-refractivity contribution in [1.29, 1.82) is 0 Å². The molecule has 3 amide bonds. The number of piperidine rings is 1. The zero-order chi connectivity index (χ0) is 18.8. The van der Waals surface area contributed by atoms with E-state index in [1.165, 1.54) is 4.90 Å². The first-order valence-electron chi connectivity index (χ1n) is 9.24. The maximum absolute atomic E-state index is 13.0. The predicted molar refractivity (Wildman–Crippen MR) is 95.4 cm³/mol. The van der Waals surface area contributed by atoms with E-state index in [0.717, 1.165) is 31.4 Å². The van der Waals surface area contributed by atoms with Gasteiger partial charge in [-0.15, -0.1) is 0 Å². The quantitative estimate of drug-likeness (QED) is 0.828. The van der Waals surface area contributed by atoms with Crippen molar-refractivity contribution in [3.8, 4) is 0 Å². The molecule has 3 aliphatic rings. The molecule has 0 radical (unpaired) electrons. The summed E-state index contributed by atoms with van der Waals surface area (Å²) in [5, 5.41) is 6.93. The van der Waals surface area contributed by atoms with Crippen molar-refractivity contribution in [2.75, 3.05) is 33.7 Å². The van der Waals surface area contributed by atoms with E-state index in [9.17, 15) is 14.4 Å². The van der Waals surface area contributed by atoms with Crippen LogP contribution in [0.4, 0.5) is 0 Å². The number of fused-ring (bicyclic) bond motifs is 4. The van der Waals surface area contributed by atoms with E-state index in [0.29, 0.717) is 18.7 Å². The van der Waals surface area contributed by atoms with Crippen molar-refractivity contribution < 1.29 is 14.4 Å². The van der Waals surface area contributed by atoms with E-state index in [1.807, 2.05) is 0 Å². The zero-order valence-corrected chi connectivity index (χ0v) is 15.7. The first-order chi connectivity index (χ1) is 12.4. The number of carbonyl (C=O) groups is 3. The van der Waals surface area contributed by atoms with Crippen LogP contribution in [0.5, 0.6) is 0 Å². The van der Waals surface area contributed by atoms with Crippen molar-refractivity contribution in [2.24, 2.45) is 5.92 Å². The van der Waals surface area contributed by atoms with Crippen molar-refractivity contribution in [3.05, 3.63) is 17.5 Å². The maximum Gasteiger partial charge on any atom is 0.257 e. The van der Waals surface area contributed by atoms with Crippen LogP contribution in [-0.4, -0.2) is 82.4 Å². The maximum atomic E-state index is 13.0. The molecular weight excluding hydrogens is 334 g/mol. The molecule has 0 aliphatic carbocycles. The minimum absolute atomic E-state index is 0.00674. The second-order valence-electron chi connectivity index (χ2n) is 7.40. The van der Waals surface area contributed by atoms with Gasteiger partial charge < -0.3 is 14.7 Å². The summed E-state index contributed by atoms with van der Waals surface area (Å²) in [4.78, 5) is 42.9. The number of hydrogen-bond acceptors (Lipinski definition) is 4. The monoisotopic (exact) mass is 361 g/mol. The third kappa shape index (κ3) is 3.45. The Hall–Kier alpha value is -2.38. The Labute approximate surface area is 153 Å². The van der Waals surface area contributed by atoms with Gasteiger partial charge in [0.2, 0.25) is 11.8 Å². The summed E-state index contributed by atoms with van der Waals surface area (Å²) < 4.78 is 0. The number of nitrogens with one attached hydrogen (secondary N) is 1. The molecule has 4 rings (SSSR count). The van der Waals surface area contributed by atoms with E-state index >= 15 is 0 Å². The Kier molecular flexibility index (Phi) is 5.29. The number of aromatic nitrogens is 2. The Bertz CT molecular complexity index is 699. The van der Waals surface area contributed by atoms with Gasteiger partial charge in [-0.3, -0.25) is 19.5 Å². The smallest absolute Gasteiger partial charge is 0.257 e. The van der Waals surface area contributed by atoms with Gasteiger partial charge in [0.1, 0.15) is 6.54 Å². The fourth-order valence-electron chi connectivity index (χ4n) is 3.81. The van der Waals surface area contributed by atoms with Crippen LogP contribution in [0.3, 0.4) is 0 Å². The number of H-pyrrole nitrogens is 1. The number of aryl methyl sites for hydroxylation is 1. The van der Waals surface area contributed by atoms with Crippen molar-refractivity contribution >= 4 is 17.7 Å². The molecule has 3 fully saturated rings. The zero-order valence-electron chi connectivity index (χ0n) is 15.7. The lowest BCUT2D eigenvalue weighted by Gasteiger charge is -2.35. The molecule has 8 nitrogen and oxygen atoms in total. The van der Waals surface area contributed by atoms with Gasteiger partial charge in [-0.2, -0.15) is 5.10 Å².